The molecule has 16 heavy (non-hydrogen) atoms. The molecule has 0 aromatic rings. The summed E-state index contributed by atoms with van der Waals surface area (Å²) in [5.41, 5.74) is 0. The second-order valence-electron chi connectivity index (χ2n) is 4.33. The molecule has 5 heteroatoms. The highest BCUT2D eigenvalue weighted by atomic mass is 32.2. The van der Waals surface area contributed by atoms with Crippen molar-refractivity contribution in [3.05, 3.63) is 0 Å². The van der Waals surface area contributed by atoms with Crippen molar-refractivity contribution in [2.45, 2.75) is 33.6 Å². The Morgan fingerprint density at radius 2 is 1.94 bits per heavy atom. The van der Waals surface area contributed by atoms with Crippen LogP contribution in [0.1, 0.15) is 33.6 Å². The fraction of sp³-hybridized carbons (Fsp3) is 1.00. The molecule has 0 rings (SSSR count). The van der Waals surface area contributed by atoms with Crippen molar-refractivity contribution in [3.8, 4) is 0 Å². The van der Waals surface area contributed by atoms with Crippen LogP contribution >= 0.6 is 0 Å². The maximum absolute atomic E-state index is 11.3. The number of hydrogen-bond donors (Lipinski definition) is 1. The monoisotopic (exact) mass is 250 g/mol. The standard InChI is InChI=1S/C11H26N2O2S/c1-5-11(3)10-12-8-7-9-13(6-2)16(4,14)15/h11-12H,5-10H2,1-4H3. The Labute approximate surface area is 100 Å². The Morgan fingerprint density at radius 3 is 2.38 bits per heavy atom. The molecule has 98 valence electrons. The highest BCUT2D eigenvalue weighted by Crippen LogP contribution is 1.99. The van der Waals surface area contributed by atoms with Gasteiger partial charge in [0, 0.05) is 13.1 Å². The minimum absolute atomic E-state index is 0.560. The van der Waals surface area contributed by atoms with E-state index in [1.165, 1.54) is 17.0 Å². The summed E-state index contributed by atoms with van der Waals surface area (Å²) in [6.45, 7) is 9.33. The predicted octanol–water partition coefficient (Wildman–Crippen LogP) is 1.29. The molecule has 1 atom stereocenters. The summed E-state index contributed by atoms with van der Waals surface area (Å²) in [5.74, 6) is 0.692. The van der Waals surface area contributed by atoms with Gasteiger partial charge in [-0.15, -0.1) is 0 Å². The summed E-state index contributed by atoms with van der Waals surface area (Å²) in [4.78, 5) is 0. The minimum atomic E-state index is -3.02. The van der Waals surface area contributed by atoms with Gasteiger partial charge < -0.3 is 5.32 Å². The Balaban J connectivity index is 3.65. The van der Waals surface area contributed by atoms with Gasteiger partial charge in [0.15, 0.2) is 0 Å². The van der Waals surface area contributed by atoms with Gasteiger partial charge in [-0.25, -0.2) is 12.7 Å². The Hall–Kier alpha value is -0.130. The smallest absolute Gasteiger partial charge is 0.211 e. The van der Waals surface area contributed by atoms with E-state index in [2.05, 4.69) is 19.2 Å². The van der Waals surface area contributed by atoms with Crippen LogP contribution in [0.25, 0.3) is 0 Å². The molecule has 0 spiro atoms. The van der Waals surface area contributed by atoms with Gasteiger partial charge in [-0.2, -0.15) is 0 Å². The van der Waals surface area contributed by atoms with Crippen LogP contribution in [0.4, 0.5) is 0 Å². The van der Waals surface area contributed by atoms with E-state index < -0.39 is 10.0 Å². The van der Waals surface area contributed by atoms with E-state index in [1.54, 1.807) is 0 Å². The first-order chi connectivity index (χ1) is 7.41. The third-order valence-electron chi connectivity index (χ3n) is 2.77. The van der Waals surface area contributed by atoms with E-state index in [9.17, 15) is 8.42 Å². The van der Waals surface area contributed by atoms with Gasteiger partial charge in [-0.05, 0) is 25.4 Å². The molecule has 0 aliphatic carbocycles. The topological polar surface area (TPSA) is 49.4 Å². The van der Waals surface area contributed by atoms with E-state index in [0.29, 0.717) is 19.0 Å². The molecule has 0 aromatic carbocycles. The molecule has 0 fully saturated rings. The average Bonchev–Trinajstić information content (AvgIpc) is 2.20. The number of rotatable bonds is 9. The van der Waals surface area contributed by atoms with Crippen molar-refractivity contribution < 1.29 is 8.42 Å². The van der Waals surface area contributed by atoms with Crippen LogP contribution in [0.5, 0.6) is 0 Å². The van der Waals surface area contributed by atoms with Crippen molar-refractivity contribution in [1.29, 1.82) is 0 Å². The molecule has 0 saturated carbocycles. The van der Waals surface area contributed by atoms with Crippen LogP contribution in [0.15, 0.2) is 0 Å². The molecule has 0 saturated heterocycles. The van der Waals surface area contributed by atoms with Crippen molar-refractivity contribution in [3.63, 3.8) is 0 Å². The summed E-state index contributed by atoms with van der Waals surface area (Å²) in [5, 5.41) is 3.35. The largest absolute Gasteiger partial charge is 0.316 e. The van der Waals surface area contributed by atoms with Crippen LogP contribution in [0, 0.1) is 5.92 Å². The van der Waals surface area contributed by atoms with Gasteiger partial charge in [0.2, 0.25) is 10.0 Å². The number of sulfonamides is 1. The van der Waals surface area contributed by atoms with E-state index in [4.69, 9.17) is 0 Å². The molecule has 0 aliphatic rings. The summed E-state index contributed by atoms with van der Waals surface area (Å²) >= 11 is 0. The first-order valence-electron chi connectivity index (χ1n) is 6.07. The van der Waals surface area contributed by atoms with E-state index in [0.717, 1.165) is 19.5 Å². The third-order valence-corrected chi connectivity index (χ3v) is 4.15. The number of nitrogens with one attached hydrogen (secondary N) is 1. The minimum Gasteiger partial charge on any atom is -0.316 e. The van der Waals surface area contributed by atoms with Gasteiger partial charge in [0.1, 0.15) is 0 Å². The molecule has 1 unspecified atom stereocenters. The van der Waals surface area contributed by atoms with E-state index in [-0.39, 0.29) is 0 Å². The number of nitrogens with zero attached hydrogens (tertiary/aromatic N) is 1. The lowest BCUT2D eigenvalue weighted by Crippen LogP contribution is -2.33. The van der Waals surface area contributed by atoms with Crippen molar-refractivity contribution in [2.24, 2.45) is 5.92 Å². The van der Waals surface area contributed by atoms with Gasteiger partial charge in [0.05, 0.1) is 6.26 Å². The van der Waals surface area contributed by atoms with Crippen LogP contribution in [0.3, 0.4) is 0 Å². The zero-order valence-electron chi connectivity index (χ0n) is 11.0. The van der Waals surface area contributed by atoms with Crippen molar-refractivity contribution in [2.75, 3.05) is 32.4 Å². The first-order valence-corrected chi connectivity index (χ1v) is 7.92. The van der Waals surface area contributed by atoms with Crippen LogP contribution in [-0.2, 0) is 10.0 Å². The van der Waals surface area contributed by atoms with E-state index in [1.807, 2.05) is 6.92 Å². The van der Waals surface area contributed by atoms with Crippen molar-refractivity contribution in [1.82, 2.24) is 9.62 Å². The summed E-state index contributed by atoms with van der Waals surface area (Å²) in [6.07, 6.45) is 3.32. The highest BCUT2D eigenvalue weighted by molar-refractivity contribution is 7.88. The molecular weight excluding hydrogens is 224 g/mol. The first kappa shape index (κ1) is 15.9. The molecule has 0 heterocycles. The molecule has 0 bridgehead atoms. The van der Waals surface area contributed by atoms with Gasteiger partial charge in [-0.3, -0.25) is 0 Å². The maximum atomic E-state index is 11.3. The zero-order chi connectivity index (χ0) is 12.6. The summed E-state index contributed by atoms with van der Waals surface area (Å²) < 4.78 is 24.1. The van der Waals surface area contributed by atoms with Gasteiger partial charge in [-0.1, -0.05) is 27.2 Å². The Bertz CT molecular complexity index is 265. The maximum Gasteiger partial charge on any atom is 0.211 e. The average molecular weight is 250 g/mol. The molecule has 0 aromatic heterocycles. The lowest BCUT2D eigenvalue weighted by molar-refractivity contribution is 0.412. The lowest BCUT2D eigenvalue weighted by Gasteiger charge is -2.18. The molecule has 0 amide bonds. The third kappa shape index (κ3) is 7.19. The van der Waals surface area contributed by atoms with Crippen LogP contribution < -0.4 is 5.32 Å². The Morgan fingerprint density at radius 1 is 1.31 bits per heavy atom. The molecule has 1 N–H and O–H groups in total. The Kier molecular flexibility index (Phi) is 7.97. The quantitative estimate of drug-likeness (QED) is 0.627. The van der Waals surface area contributed by atoms with Crippen molar-refractivity contribution >= 4 is 10.0 Å². The SMILES string of the molecule is CCC(C)CNCCCN(CC)S(C)(=O)=O. The summed E-state index contributed by atoms with van der Waals surface area (Å²) in [6, 6.07) is 0. The normalized spacial score (nSPS) is 14.3. The zero-order valence-corrected chi connectivity index (χ0v) is 11.8. The molecule has 0 aliphatic heterocycles. The molecule has 0 radical (unpaired) electrons. The highest BCUT2D eigenvalue weighted by Gasteiger charge is 2.12. The second-order valence-corrected chi connectivity index (χ2v) is 6.31. The molecular formula is C11H26N2O2S. The fourth-order valence-electron chi connectivity index (χ4n) is 1.43. The summed E-state index contributed by atoms with van der Waals surface area (Å²) in [7, 11) is -3.02. The van der Waals surface area contributed by atoms with Crippen LogP contribution in [0.2, 0.25) is 0 Å². The fourth-order valence-corrected chi connectivity index (χ4v) is 2.36. The van der Waals surface area contributed by atoms with E-state index >= 15 is 0 Å². The second kappa shape index (κ2) is 8.03. The van der Waals surface area contributed by atoms with Crippen LogP contribution in [-0.4, -0.2) is 45.2 Å². The molecule has 4 nitrogen and oxygen atoms in total. The lowest BCUT2D eigenvalue weighted by atomic mass is 10.1. The predicted molar refractivity (Wildman–Crippen MR) is 69.0 cm³/mol. The number of hydrogen-bond acceptors (Lipinski definition) is 3. The van der Waals surface area contributed by atoms with Gasteiger partial charge >= 0.3 is 0 Å². The van der Waals surface area contributed by atoms with Gasteiger partial charge in [0.25, 0.3) is 0 Å².